The third-order valence-electron chi connectivity index (χ3n) is 6.14. The van der Waals surface area contributed by atoms with Gasteiger partial charge in [0.2, 0.25) is 0 Å². The zero-order valence-corrected chi connectivity index (χ0v) is 20.6. The molecule has 8 nitrogen and oxygen atoms in total. The molecule has 1 aliphatic rings. The van der Waals surface area contributed by atoms with E-state index in [1.807, 2.05) is 42.0 Å². The predicted octanol–water partition coefficient (Wildman–Crippen LogP) is 4.94. The summed E-state index contributed by atoms with van der Waals surface area (Å²) in [6.45, 7) is 6.99. The van der Waals surface area contributed by atoms with E-state index >= 15 is 0 Å². The average Bonchev–Trinajstić information content (AvgIpc) is 3.63. The summed E-state index contributed by atoms with van der Waals surface area (Å²) in [5, 5.41) is 13.5. The predicted molar refractivity (Wildman–Crippen MR) is 129 cm³/mol. The Morgan fingerprint density at radius 2 is 1.97 bits per heavy atom. The summed E-state index contributed by atoms with van der Waals surface area (Å²) in [5.74, 6) is 1.88. The van der Waals surface area contributed by atoms with E-state index in [-0.39, 0.29) is 23.5 Å². The highest BCUT2D eigenvalue weighted by Gasteiger charge is 2.24. The molecule has 0 aliphatic carbocycles. The minimum Gasteiger partial charge on any atom is -0.376 e. The van der Waals surface area contributed by atoms with Crippen LogP contribution in [0.2, 0.25) is 0 Å². The molecule has 35 heavy (non-hydrogen) atoms. The Morgan fingerprint density at radius 3 is 2.66 bits per heavy atom. The van der Waals surface area contributed by atoms with Crippen LogP contribution in [-0.2, 0) is 11.3 Å². The Hall–Kier alpha value is -3.24. The van der Waals surface area contributed by atoms with Crippen molar-refractivity contribution in [2.24, 2.45) is 0 Å². The fourth-order valence-corrected chi connectivity index (χ4v) is 5.26. The van der Waals surface area contributed by atoms with Crippen LogP contribution in [0.5, 0.6) is 0 Å². The smallest absolute Gasteiger partial charge is 0.192 e. The van der Waals surface area contributed by atoms with Gasteiger partial charge in [-0.2, -0.15) is 0 Å². The highest BCUT2D eigenvalue weighted by Crippen LogP contribution is 2.28. The number of ether oxygens (including phenoxy) is 1. The van der Waals surface area contributed by atoms with Crippen LogP contribution in [-0.4, -0.2) is 48.7 Å². The third-order valence-corrected chi connectivity index (χ3v) is 7.10. The quantitative estimate of drug-likeness (QED) is 0.253. The van der Waals surface area contributed by atoms with Crippen LogP contribution >= 0.6 is 11.8 Å². The number of hydrogen-bond acceptors (Lipinski definition) is 7. The number of Topliss-reactive ketones (excluding diaryl/α,β-unsaturated/α-hetero) is 1. The molecule has 10 heteroatoms. The summed E-state index contributed by atoms with van der Waals surface area (Å²) in [6, 6.07) is 9.90. The van der Waals surface area contributed by atoms with E-state index < -0.39 is 0 Å². The first kappa shape index (κ1) is 23.5. The van der Waals surface area contributed by atoms with Crippen molar-refractivity contribution in [3.63, 3.8) is 0 Å². The second kappa shape index (κ2) is 9.79. The fourth-order valence-electron chi connectivity index (χ4n) is 4.43. The average molecular weight is 496 g/mol. The van der Waals surface area contributed by atoms with Gasteiger partial charge in [0.1, 0.15) is 11.6 Å². The zero-order valence-electron chi connectivity index (χ0n) is 19.8. The van der Waals surface area contributed by atoms with E-state index in [0.29, 0.717) is 34.7 Å². The summed E-state index contributed by atoms with van der Waals surface area (Å²) in [4.78, 5) is 13.2. The van der Waals surface area contributed by atoms with Crippen molar-refractivity contribution < 1.29 is 18.4 Å². The van der Waals surface area contributed by atoms with Gasteiger partial charge in [-0.3, -0.25) is 13.9 Å². The summed E-state index contributed by atoms with van der Waals surface area (Å²) >= 11 is 1.34. The normalized spacial score (nSPS) is 15.7. The molecular formula is C25H26FN5O3S. The molecule has 1 fully saturated rings. The number of carbonyl (C=O) groups excluding carboxylic acids is 1. The molecule has 0 unspecified atom stereocenters. The first-order valence-corrected chi connectivity index (χ1v) is 12.5. The van der Waals surface area contributed by atoms with E-state index in [0.717, 1.165) is 36.4 Å². The third kappa shape index (κ3) is 4.81. The van der Waals surface area contributed by atoms with Crippen molar-refractivity contribution in [2.45, 2.75) is 51.4 Å². The van der Waals surface area contributed by atoms with Gasteiger partial charge >= 0.3 is 0 Å². The van der Waals surface area contributed by atoms with Crippen molar-refractivity contribution in [1.29, 1.82) is 0 Å². The molecule has 1 aliphatic heterocycles. The van der Waals surface area contributed by atoms with Crippen molar-refractivity contribution in [3.8, 4) is 17.2 Å². The molecule has 0 radical (unpaired) electrons. The van der Waals surface area contributed by atoms with E-state index in [4.69, 9.17) is 9.26 Å². The van der Waals surface area contributed by atoms with Gasteiger partial charge in [0.15, 0.2) is 22.6 Å². The lowest BCUT2D eigenvalue weighted by Gasteiger charge is -2.14. The lowest BCUT2D eigenvalue weighted by molar-refractivity contribution is 0.0953. The summed E-state index contributed by atoms with van der Waals surface area (Å²) in [5.41, 5.74) is 3.12. The van der Waals surface area contributed by atoms with Crippen LogP contribution in [0.1, 0.15) is 40.3 Å². The molecule has 1 atom stereocenters. The minimum atomic E-state index is -0.308. The Labute approximate surface area is 206 Å². The molecule has 4 heterocycles. The first-order chi connectivity index (χ1) is 16.9. The number of aryl methyl sites for hydroxylation is 2. The molecular weight excluding hydrogens is 469 g/mol. The van der Waals surface area contributed by atoms with Gasteiger partial charge in [-0.05, 0) is 63.9 Å². The second-order valence-electron chi connectivity index (χ2n) is 8.69. The first-order valence-electron chi connectivity index (χ1n) is 11.5. The molecule has 182 valence electrons. The van der Waals surface area contributed by atoms with Crippen LogP contribution in [0.15, 0.2) is 46.1 Å². The van der Waals surface area contributed by atoms with Gasteiger partial charge < -0.3 is 9.26 Å². The number of hydrogen-bond donors (Lipinski definition) is 0. The van der Waals surface area contributed by atoms with Crippen LogP contribution in [0.3, 0.4) is 0 Å². The fraction of sp³-hybridized carbons (Fsp3) is 0.360. The van der Waals surface area contributed by atoms with Gasteiger partial charge in [0.05, 0.1) is 18.4 Å². The van der Waals surface area contributed by atoms with E-state index in [1.54, 1.807) is 12.1 Å². The maximum absolute atomic E-state index is 13.5. The van der Waals surface area contributed by atoms with Gasteiger partial charge in [0.25, 0.3) is 0 Å². The number of benzene rings is 1. The van der Waals surface area contributed by atoms with E-state index in [1.165, 1.54) is 23.9 Å². The number of nitrogens with zero attached hydrogens (tertiary/aromatic N) is 5. The molecule has 5 rings (SSSR count). The van der Waals surface area contributed by atoms with Gasteiger partial charge in [0, 0.05) is 35.2 Å². The number of halogens is 1. The standard InChI is InChI=1S/C25H26FN5O3S/c1-15-11-21(17(3)31(15)23-12-16(2)34-29-23)22(32)14-35-25-28-27-24(18-6-8-19(26)9-7-18)30(25)13-20-5-4-10-33-20/h6-9,11-12,20H,4-5,10,13-14H2,1-3H3/t20-/m0/s1. The SMILES string of the molecule is Cc1cc(-n2c(C)cc(C(=O)CSc3nnc(-c4ccc(F)cc4)n3C[C@@H]3CCCO3)c2C)no1. The molecule has 1 saturated heterocycles. The molecule has 0 spiro atoms. The Kier molecular flexibility index (Phi) is 6.57. The maximum atomic E-state index is 13.5. The summed E-state index contributed by atoms with van der Waals surface area (Å²) in [6.07, 6.45) is 2.03. The van der Waals surface area contributed by atoms with Crippen LogP contribution in [0.25, 0.3) is 17.2 Å². The van der Waals surface area contributed by atoms with E-state index in [2.05, 4.69) is 15.4 Å². The molecule has 0 bridgehead atoms. The number of ketones is 1. The van der Waals surface area contributed by atoms with Gasteiger partial charge in [-0.25, -0.2) is 4.39 Å². The molecule has 0 N–H and O–H groups in total. The van der Waals surface area contributed by atoms with Crippen molar-refractivity contribution in [1.82, 2.24) is 24.5 Å². The summed E-state index contributed by atoms with van der Waals surface area (Å²) < 4.78 is 28.4. The largest absolute Gasteiger partial charge is 0.376 e. The van der Waals surface area contributed by atoms with Gasteiger partial charge in [-0.15, -0.1) is 10.2 Å². The Morgan fingerprint density at radius 1 is 1.17 bits per heavy atom. The topological polar surface area (TPSA) is 88.0 Å². The van der Waals surface area contributed by atoms with Crippen molar-refractivity contribution >= 4 is 17.5 Å². The zero-order chi connectivity index (χ0) is 24.5. The maximum Gasteiger partial charge on any atom is 0.192 e. The molecule has 3 aromatic heterocycles. The minimum absolute atomic E-state index is 0.00966. The number of rotatable bonds is 8. The number of thioether (sulfide) groups is 1. The molecule has 1 aromatic carbocycles. The number of carbonyl (C=O) groups is 1. The Bertz CT molecular complexity index is 1350. The number of aromatic nitrogens is 5. The van der Waals surface area contributed by atoms with Crippen LogP contribution < -0.4 is 0 Å². The molecule has 4 aromatic rings. The lowest BCUT2D eigenvalue weighted by atomic mass is 10.2. The highest BCUT2D eigenvalue weighted by molar-refractivity contribution is 7.99. The lowest BCUT2D eigenvalue weighted by Crippen LogP contribution is -2.17. The Balaban J connectivity index is 1.38. The molecule has 0 saturated carbocycles. The summed E-state index contributed by atoms with van der Waals surface area (Å²) in [7, 11) is 0. The van der Waals surface area contributed by atoms with Crippen molar-refractivity contribution in [2.75, 3.05) is 12.4 Å². The molecule has 0 amide bonds. The van der Waals surface area contributed by atoms with E-state index in [9.17, 15) is 9.18 Å². The highest BCUT2D eigenvalue weighted by atomic mass is 32.2. The van der Waals surface area contributed by atoms with Crippen LogP contribution in [0.4, 0.5) is 4.39 Å². The van der Waals surface area contributed by atoms with Crippen molar-refractivity contribution in [3.05, 3.63) is 64.9 Å². The van der Waals surface area contributed by atoms with Crippen LogP contribution in [0, 0.1) is 26.6 Å². The second-order valence-corrected chi connectivity index (χ2v) is 9.63. The monoisotopic (exact) mass is 495 g/mol. The van der Waals surface area contributed by atoms with Gasteiger partial charge in [-0.1, -0.05) is 16.9 Å².